The number of benzene rings is 2. The lowest BCUT2D eigenvalue weighted by Crippen LogP contribution is -2.23. The van der Waals surface area contributed by atoms with Crippen molar-refractivity contribution in [1.29, 1.82) is 0 Å². The van der Waals surface area contributed by atoms with Crippen LogP contribution in [0.4, 0.5) is 0 Å². The molecule has 1 N–H and O–H groups in total. The van der Waals surface area contributed by atoms with Crippen molar-refractivity contribution in [2.45, 2.75) is 63.9 Å². The van der Waals surface area contributed by atoms with Gasteiger partial charge in [-0.05, 0) is 74.6 Å². The van der Waals surface area contributed by atoms with E-state index in [-0.39, 0.29) is 51.7 Å². The Labute approximate surface area is 265 Å². The molecule has 240 valence electrons. The van der Waals surface area contributed by atoms with Gasteiger partial charge < -0.3 is 28.5 Å². The summed E-state index contributed by atoms with van der Waals surface area (Å²) in [5.74, 6) is -3.13. The van der Waals surface area contributed by atoms with Gasteiger partial charge in [-0.3, -0.25) is 9.59 Å². The Kier molecular flexibility index (Phi) is 9.69. The number of carbonyl (C=O) groups is 5. The normalized spacial score (nSPS) is 18.8. The molecule has 0 bridgehead atoms. The number of furan rings is 1. The minimum absolute atomic E-state index is 0.0675. The number of phenolic OH excluding ortho intramolecular Hbond substituents is 1. The number of esters is 4. The number of carbonyl (C=O) groups excluding carboxylic acids is 5. The van der Waals surface area contributed by atoms with Gasteiger partial charge in [0.2, 0.25) is 0 Å². The predicted molar refractivity (Wildman–Crippen MR) is 164 cm³/mol. The van der Waals surface area contributed by atoms with E-state index in [0.717, 1.165) is 0 Å². The first-order valence-corrected chi connectivity index (χ1v) is 15.0. The second kappa shape index (κ2) is 13.8. The maximum atomic E-state index is 13.5. The molecule has 0 saturated heterocycles. The van der Waals surface area contributed by atoms with Gasteiger partial charge in [-0.1, -0.05) is 12.2 Å². The summed E-state index contributed by atoms with van der Waals surface area (Å²) in [7, 11) is 2.44. The van der Waals surface area contributed by atoms with Gasteiger partial charge in [0.1, 0.15) is 34.4 Å². The second-order valence-corrected chi connectivity index (χ2v) is 11.3. The number of Topliss-reactive ketones (excluding diaryl/α,β-unsaturated/α-hetero) is 1. The molecule has 46 heavy (non-hydrogen) atoms. The highest BCUT2D eigenvalue weighted by molar-refractivity contribution is 5.99. The van der Waals surface area contributed by atoms with Crippen LogP contribution in [-0.4, -0.2) is 55.1 Å². The number of cyclic esters (lactones) is 1. The van der Waals surface area contributed by atoms with E-state index < -0.39 is 41.6 Å². The Morgan fingerprint density at radius 2 is 1.63 bits per heavy atom. The minimum atomic E-state index is -0.840. The van der Waals surface area contributed by atoms with Gasteiger partial charge in [0.15, 0.2) is 0 Å². The van der Waals surface area contributed by atoms with Crippen LogP contribution >= 0.6 is 0 Å². The summed E-state index contributed by atoms with van der Waals surface area (Å²) in [6.07, 6.45) is 5.87. The Bertz CT molecular complexity index is 1690. The van der Waals surface area contributed by atoms with Gasteiger partial charge in [0.05, 0.1) is 43.8 Å². The first-order chi connectivity index (χ1) is 22.1. The molecule has 0 amide bonds. The average Bonchev–Trinajstić information content (AvgIpc) is 3.53. The van der Waals surface area contributed by atoms with E-state index in [0.29, 0.717) is 49.7 Å². The molecule has 11 nitrogen and oxygen atoms in total. The van der Waals surface area contributed by atoms with Crippen molar-refractivity contribution in [3.63, 3.8) is 0 Å². The first kappa shape index (κ1) is 32.2. The number of methoxy groups -OCH3 is 2. The molecule has 0 fully saturated rings. The Balaban J connectivity index is 1.57. The molecule has 2 atom stereocenters. The molecule has 2 aliphatic rings. The number of rotatable bonds is 4. The minimum Gasteiger partial charge on any atom is -0.507 e. The molecule has 0 radical (unpaired) electrons. The van der Waals surface area contributed by atoms with Crippen LogP contribution in [0.2, 0.25) is 0 Å². The third-order valence-electron chi connectivity index (χ3n) is 8.01. The van der Waals surface area contributed by atoms with Gasteiger partial charge >= 0.3 is 23.9 Å². The lowest BCUT2D eigenvalue weighted by Gasteiger charge is -2.26. The zero-order valence-corrected chi connectivity index (χ0v) is 25.8. The van der Waals surface area contributed by atoms with Crippen LogP contribution in [0.5, 0.6) is 11.5 Å². The van der Waals surface area contributed by atoms with Crippen LogP contribution in [0.15, 0.2) is 46.9 Å². The van der Waals surface area contributed by atoms with Crippen molar-refractivity contribution in [2.24, 2.45) is 0 Å². The highest BCUT2D eigenvalue weighted by Crippen LogP contribution is 2.48. The van der Waals surface area contributed by atoms with Crippen LogP contribution in [0.25, 0.3) is 17.4 Å². The number of allylic oxidation sites excluding steroid dienone is 1. The zero-order chi connectivity index (χ0) is 33.0. The van der Waals surface area contributed by atoms with Crippen molar-refractivity contribution in [3.05, 3.63) is 76.1 Å². The Morgan fingerprint density at radius 3 is 2.33 bits per heavy atom. The van der Waals surface area contributed by atoms with Crippen molar-refractivity contribution in [2.75, 3.05) is 14.2 Å². The number of ether oxygens (including phenoxy) is 4. The van der Waals surface area contributed by atoms with Crippen LogP contribution in [0.3, 0.4) is 0 Å². The standard InChI is InChI=1S/C35H34O11/c1-19-8-7-11-24(36)10-6-4-5-9-20-17-28-31(32(38)30(20)35(41)44-19)25(18-29(37)46-28)27-13-12-26(45-27)21-14-22(33(39)42-2)16-23(15-21)34(40)43-3/h5,9,12-17,19,25,38H,4,6-8,10-11,18H2,1-3H3/t19-,25+/m1/s1. The molecule has 3 heterocycles. The number of fused-ring (bicyclic) bond motifs is 2. The van der Waals surface area contributed by atoms with Crippen molar-refractivity contribution >= 4 is 35.7 Å². The summed E-state index contributed by atoms with van der Waals surface area (Å²) >= 11 is 0. The fraction of sp³-hybridized carbons (Fsp3) is 0.343. The number of ketones is 1. The van der Waals surface area contributed by atoms with E-state index >= 15 is 0 Å². The van der Waals surface area contributed by atoms with Crippen molar-refractivity contribution < 1.29 is 52.4 Å². The summed E-state index contributed by atoms with van der Waals surface area (Å²) in [6.45, 7) is 1.73. The lowest BCUT2D eigenvalue weighted by atomic mass is 9.86. The molecular weight excluding hydrogens is 596 g/mol. The second-order valence-electron chi connectivity index (χ2n) is 11.3. The molecule has 2 aromatic carbocycles. The Hall–Kier alpha value is -5.19. The summed E-state index contributed by atoms with van der Waals surface area (Å²) in [6, 6.07) is 9.05. The quantitative estimate of drug-likeness (QED) is 0.200. The first-order valence-electron chi connectivity index (χ1n) is 15.0. The number of aromatic hydroxyl groups is 1. The smallest absolute Gasteiger partial charge is 0.342 e. The maximum Gasteiger partial charge on any atom is 0.342 e. The van der Waals surface area contributed by atoms with Gasteiger partial charge in [-0.2, -0.15) is 0 Å². The summed E-state index contributed by atoms with van der Waals surface area (Å²) in [4.78, 5) is 63.1. The molecule has 0 aliphatic carbocycles. The number of hydrogen-bond donors (Lipinski definition) is 1. The molecule has 0 spiro atoms. The third-order valence-corrected chi connectivity index (χ3v) is 8.01. The summed E-state index contributed by atoms with van der Waals surface area (Å²) < 4.78 is 27.0. The van der Waals surface area contributed by atoms with E-state index in [4.69, 9.17) is 23.4 Å². The lowest BCUT2D eigenvalue weighted by molar-refractivity contribution is -0.135. The van der Waals surface area contributed by atoms with Crippen LogP contribution < -0.4 is 4.74 Å². The molecule has 0 unspecified atom stereocenters. The molecule has 3 aromatic rings. The molecule has 1 aromatic heterocycles. The zero-order valence-electron chi connectivity index (χ0n) is 25.8. The fourth-order valence-electron chi connectivity index (χ4n) is 5.70. The van der Waals surface area contributed by atoms with Crippen molar-refractivity contribution in [3.8, 4) is 22.8 Å². The monoisotopic (exact) mass is 630 g/mol. The van der Waals surface area contributed by atoms with Crippen LogP contribution in [0.1, 0.15) is 106 Å². The van der Waals surface area contributed by atoms with Crippen molar-refractivity contribution in [1.82, 2.24) is 0 Å². The molecule has 0 saturated carbocycles. The molecular formula is C35H34O11. The van der Waals surface area contributed by atoms with E-state index in [9.17, 15) is 29.1 Å². The topological polar surface area (TPSA) is 156 Å². The molecule has 2 aliphatic heterocycles. The van der Waals surface area contributed by atoms with E-state index in [1.807, 2.05) is 0 Å². The number of hydrogen-bond acceptors (Lipinski definition) is 11. The summed E-state index contributed by atoms with van der Waals surface area (Å²) in [5, 5.41) is 11.7. The van der Waals surface area contributed by atoms with Crippen LogP contribution in [-0.2, 0) is 23.8 Å². The SMILES string of the molecule is COC(=O)c1cc(C(=O)OC)cc(-c2ccc([C@@H]3CC(=O)Oc4cc5c(c(O)c43)C(=O)O[C@H](C)CCCC(=O)CCCC=C5)o2)c1. The van der Waals surface area contributed by atoms with Crippen LogP contribution in [0, 0.1) is 0 Å². The highest BCUT2D eigenvalue weighted by Gasteiger charge is 2.37. The van der Waals surface area contributed by atoms with E-state index in [2.05, 4.69) is 0 Å². The fourth-order valence-corrected chi connectivity index (χ4v) is 5.70. The Morgan fingerprint density at radius 1 is 0.935 bits per heavy atom. The van der Waals surface area contributed by atoms with Gasteiger partial charge in [-0.25, -0.2) is 14.4 Å². The van der Waals surface area contributed by atoms with E-state index in [1.165, 1.54) is 38.5 Å². The highest BCUT2D eigenvalue weighted by atomic mass is 16.5. The van der Waals surface area contributed by atoms with Gasteiger partial charge in [-0.15, -0.1) is 0 Å². The predicted octanol–water partition coefficient (Wildman–Crippen LogP) is 6.15. The summed E-state index contributed by atoms with van der Waals surface area (Å²) in [5.41, 5.74) is 0.975. The largest absolute Gasteiger partial charge is 0.507 e. The molecule has 5 rings (SSSR count). The maximum absolute atomic E-state index is 13.5. The number of phenols is 1. The molecule has 11 heteroatoms. The van der Waals surface area contributed by atoms with Gasteiger partial charge in [0, 0.05) is 24.0 Å². The van der Waals surface area contributed by atoms with Gasteiger partial charge in [0.25, 0.3) is 0 Å². The third kappa shape index (κ3) is 6.88. The average molecular weight is 631 g/mol. The van der Waals surface area contributed by atoms with E-state index in [1.54, 1.807) is 31.2 Å².